The lowest BCUT2D eigenvalue weighted by Crippen LogP contribution is -2.05. The molecule has 0 aliphatic carbocycles. The monoisotopic (exact) mass is 229 g/mol. The highest BCUT2D eigenvalue weighted by atomic mass is 19.1. The molecule has 0 spiro atoms. The molecule has 0 saturated heterocycles. The van der Waals surface area contributed by atoms with Crippen LogP contribution in [0.3, 0.4) is 0 Å². The van der Waals surface area contributed by atoms with Crippen molar-refractivity contribution in [2.45, 2.75) is 6.92 Å². The Morgan fingerprint density at radius 3 is 2.69 bits per heavy atom. The molecule has 1 rings (SSSR count). The van der Waals surface area contributed by atoms with Crippen LogP contribution in [0, 0.1) is 15.9 Å². The molecule has 7 heteroatoms. The minimum atomic E-state index is -1.51. The van der Waals surface area contributed by atoms with Crippen molar-refractivity contribution in [2.75, 3.05) is 6.61 Å². The summed E-state index contributed by atoms with van der Waals surface area (Å²) in [6, 6.07) is 1.34. The summed E-state index contributed by atoms with van der Waals surface area (Å²) in [4.78, 5) is 20.2. The van der Waals surface area contributed by atoms with Crippen LogP contribution < -0.4 is 4.74 Å². The molecular formula is C9H8FNO5. The second-order valence-electron chi connectivity index (χ2n) is 2.80. The van der Waals surface area contributed by atoms with Crippen molar-refractivity contribution in [3.63, 3.8) is 0 Å². The zero-order chi connectivity index (χ0) is 12.3. The van der Waals surface area contributed by atoms with Gasteiger partial charge in [-0.2, -0.15) is 0 Å². The molecule has 1 N–H and O–H groups in total. The van der Waals surface area contributed by atoms with Gasteiger partial charge in [0.2, 0.25) is 0 Å². The van der Waals surface area contributed by atoms with E-state index in [1.807, 2.05) is 0 Å². The zero-order valence-electron chi connectivity index (χ0n) is 8.27. The number of benzene rings is 1. The zero-order valence-corrected chi connectivity index (χ0v) is 8.27. The predicted molar refractivity (Wildman–Crippen MR) is 51.2 cm³/mol. The van der Waals surface area contributed by atoms with E-state index in [-0.39, 0.29) is 12.4 Å². The maximum atomic E-state index is 13.2. The first kappa shape index (κ1) is 11.9. The molecule has 1 aromatic carbocycles. The third-order valence-electron chi connectivity index (χ3n) is 1.78. The highest BCUT2D eigenvalue weighted by molar-refractivity contribution is 5.92. The molecule has 0 heterocycles. The molecular weight excluding hydrogens is 221 g/mol. The van der Waals surface area contributed by atoms with Crippen LogP contribution in [0.5, 0.6) is 5.75 Å². The summed E-state index contributed by atoms with van der Waals surface area (Å²) in [5, 5.41) is 19.2. The van der Waals surface area contributed by atoms with Gasteiger partial charge >= 0.3 is 5.97 Å². The van der Waals surface area contributed by atoms with E-state index < -0.39 is 28.0 Å². The number of hydrogen-bond donors (Lipinski definition) is 1. The molecule has 86 valence electrons. The SMILES string of the molecule is CCOc1cc(C(=O)O)c([N+](=O)[O-])cc1F. The Kier molecular flexibility index (Phi) is 3.39. The van der Waals surface area contributed by atoms with Gasteiger partial charge in [0.05, 0.1) is 17.6 Å². The molecule has 0 radical (unpaired) electrons. The van der Waals surface area contributed by atoms with Gasteiger partial charge in [-0.25, -0.2) is 9.18 Å². The average Bonchev–Trinajstić information content (AvgIpc) is 2.20. The summed E-state index contributed by atoms with van der Waals surface area (Å²) in [6.07, 6.45) is 0. The quantitative estimate of drug-likeness (QED) is 0.628. The van der Waals surface area contributed by atoms with Gasteiger partial charge in [-0.3, -0.25) is 10.1 Å². The fourth-order valence-corrected chi connectivity index (χ4v) is 1.13. The third kappa shape index (κ3) is 2.25. The first-order chi connectivity index (χ1) is 7.47. The number of carboxylic acids is 1. The number of carboxylic acid groups (broad SMARTS) is 1. The van der Waals surface area contributed by atoms with E-state index >= 15 is 0 Å². The molecule has 0 fully saturated rings. The Morgan fingerprint density at radius 2 is 2.25 bits per heavy atom. The predicted octanol–water partition coefficient (Wildman–Crippen LogP) is 1.83. The normalized spacial score (nSPS) is 9.88. The van der Waals surface area contributed by atoms with E-state index in [1.165, 1.54) is 0 Å². The van der Waals surface area contributed by atoms with E-state index in [9.17, 15) is 19.3 Å². The van der Waals surface area contributed by atoms with Gasteiger partial charge in [0.25, 0.3) is 5.69 Å². The first-order valence-electron chi connectivity index (χ1n) is 4.31. The summed E-state index contributed by atoms with van der Waals surface area (Å²) >= 11 is 0. The molecule has 1 aromatic rings. The Labute approximate surface area is 89.4 Å². The maximum Gasteiger partial charge on any atom is 0.342 e. The number of halogens is 1. The first-order valence-corrected chi connectivity index (χ1v) is 4.31. The Balaban J connectivity index is 3.37. The van der Waals surface area contributed by atoms with Gasteiger partial charge in [0.15, 0.2) is 11.6 Å². The minimum Gasteiger partial charge on any atom is -0.491 e. The van der Waals surface area contributed by atoms with Crippen molar-refractivity contribution in [2.24, 2.45) is 0 Å². The van der Waals surface area contributed by atoms with Gasteiger partial charge in [-0.15, -0.1) is 0 Å². The Morgan fingerprint density at radius 1 is 1.62 bits per heavy atom. The fourth-order valence-electron chi connectivity index (χ4n) is 1.13. The van der Waals surface area contributed by atoms with Gasteiger partial charge in [-0.1, -0.05) is 0 Å². The van der Waals surface area contributed by atoms with E-state index in [2.05, 4.69) is 0 Å². The van der Waals surface area contributed by atoms with Crippen LogP contribution in [-0.2, 0) is 0 Å². The minimum absolute atomic E-state index is 0.133. The molecule has 0 unspecified atom stereocenters. The van der Waals surface area contributed by atoms with Crippen molar-refractivity contribution < 1.29 is 24.0 Å². The molecule has 0 bridgehead atoms. The summed E-state index contributed by atoms with van der Waals surface area (Å²) in [5.74, 6) is -2.78. The van der Waals surface area contributed by atoms with Crippen molar-refractivity contribution in [1.82, 2.24) is 0 Å². The number of carbonyl (C=O) groups is 1. The van der Waals surface area contributed by atoms with Crippen LogP contribution in [0.2, 0.25) is 0 Å². The van der Waals surface area contributed by atoms with Crippen molar-refractivity contribution in [3.8, 4) is 5.75 Å². The standard InChI is InChI=1S/C9H8FNO5/c1-2-16-8-3-5(9(12)13)7(11(14)15)4-6(8)10/h3-4H,2H2,1H3,(H,12,13). The molecule has 6 nitrogen and oxygen atoms in total. The number of aromatic carboxylic acids is 1. The number of nitro benzene ring substituents is 1. The lowest BCUT2D eigenvalue weighted by Gasteiger charge is -2.05. The van der Waals surface area contributed by atoms with Crippen LogP contribution in [0.1, 0.15) is 17.3 Å². The van der Waals surface area contributed by atoms with Crippen LogP contribution in [-0.4, -0.2) is 22.6 Å². The van der Waals surface area contributed by atoms with Crippen LogP contribution in [0.4, 0.5) is 10.1 Å². The van der Waals surface area contributed by atoms with Gasteiger partial charge < -0.3 is 9.84 Å². The van der Waals surface area contributed by atoms with E-state index in [4.69, 9.17) is 9.84 Å². The Bertz CT molecular complexity index is 446. The smallest absolute Gasteiger partial charge is 0.342 e. The summed E-state index contributed by atoms with van der Waals surface area (Å²) in [6.45, 7) is 1.72. The lowest BCUT2D eigenvalue weighted by atomic mass is 10.1. The summed E-state index contributed by atoms with van der Waals surface area (Å²) < 4.78 is 18.0. The highest BCUT2D eigenvalue weighted by Crippen LogP contribution is 2.27. The topological polar surface area (TPSA) is 89.7 Å². The second-order valence-corrected chi connectivity index (χ2v) is 2.80. The summed E-state index contributed by atoms with van der Waals surface area (Å²) in [5.41, 5.74) is -1.40. The maximum absolute atomic E-state index is 13.2. The fraction of sp³-hybridized carbons (Fsp3) is 0.222. The third-order valence-corrected chi connectivity index (χ3v) is 1.78. The van der Waals surface area contributed by atoms with E-state index in [0.29, 0.717) is 6.07 Å². The average molecular weight is 229 g/mol. The molecule has 0 saturated carbocycles. The number of nitro groups is 1. The van der Waals surface area contributed by atoms with Gasteiger partial charge in [-0.05, 0) is 6.92 Å². The van der Waals surface area contributed by atoms with E-state index in [1.54, 1.807) is 6.92 Å². The van der Waals surface area contributed by atoms with E-state index in [0.717, 1.165) is 6.07 Å². The molecule has 16 heavy (non-hydrogen) atoms. The molecule has 0 amide bonds. The van der Waals surface area contributed by atoms with Crippen molar-refractivity contribution >= 4 is 11.7 Å². The van der Waals surface area contributed by atoms with Crippen LogP contribution >= 0.6 is 0 Å². The van der Waals surface area contributed by atoms with Crippen LogP contribution in [0.15, 0.2) is 12.1 Å². The van der Waals surface area contributed by atoms with Crippen molar-refractivity contribution in [1.29, 1.82) is 0 Å². The lowest BCUT2D eigenvalue weighted by molar-refractivity contribution is -0.385. The number of nitrogens with zero attached hydrogens (tertiary/aromatic N) is 1. The largest absolute Gasteiger partial charge is 0.491 e. The Hall–Kier alpha value is -2.18. The van der Waals surface area contributed by atoms with Crippen LogP contribution in [0.25, 0.3) is 0 Å². The highest BCUT2D eigenvalue weighted by Gasteiger charge is 2.23. The summed E-state index contributed by atoms with van der Waals surface area (Å²) in [7, 11) is 0. The second kappa shape index (κ2) is 4.56. The molecule has 0 atom stereocenters. The number of ether oxygens (including phenoxy) is 1. The van der Waals surface area contributed by atoms with Gasteiger partial charge in [0, 0.05) is 6.07 Å². The van der Waals surface area contributed by atoms with Crippen molar-refractivity contribution in [3.05, 3.63) is 33.6 Å². The molecule has 0 aliphatic heterocycles. The number of rotatable bonds is 4. The molecule has 0 aliphatic rings. The molecule has 0 aromatic heterocycles. The van der Waals surface area contributed by atoms with Gasteiger partial charge in [0.1, 0.15) is 5.56 Å². The number of hydrogen-bond acceptors (Lipinski definition) is 4.